The number of ether oxygens (including phenoxy) is 1. The molecule has 3 rings (SSSR count). The van der Waals surface area contributed by atoms with Crippen LogP contribution in [0.1, 0.15) is 16.1 Å². The van der Waals surface area contributed by atoms with Gasteiger partial charge in [-0.1, -0.05) is 15.9 Å². The topological polar surface area (TPSA) is 107 Å². The predicted octanol–water partition coefficient (Wildman–Crippen LogP) is 4.64. The molecule has 10 heteroatoms. The second kappa shape index (κ2) is 7.89. The lowest BCUT2D eigenvalue weighted by Crippen LogP contribution is -2.16. The van der Waals surface area contributed by atoms with Crippen molar-refractivity contribution >= 4 is 60.6 Å². The molecule has 3 aromatic rings. The normalized spacial score (nSPS) is 11.1. The molecule has 27 heavy (non-hydrogen) atoms. The van der Waals surface area contributed by atoms with Gasteiger partial charge in [-0.25, -0.2) is 5.43 Å². The van der Waals surface area contributed by atoms with Crippen molar-refractivity contribution in [2.75, 3.05) is 7.11 Å². The summed E-state index contributed by atoms with van der Waals surface area (Å²) in [6, 6.07) is 9.55. The Balaban J connectivity index is 1.77. The Morgan fingerprint density at radius 1 is 1.30 bits per heavy atom. The van der Waals surface area contributed by atoms with Crippen LogP contribution in [0.3, 0.4) is 0 Å². The number of hydrogen-bond acceptors (Lipinski definition) is 6. The van der Waals surface area contributed by atoms with Crippen molar-refractivity contribution in [3.8, 4) is 5.75 Å². The van der Waals surface area contributed by atoms with Crippen LogP contribution in [0.5, 0.6) is 5.75 Å². The van der Waals surface area contributed by atoms with Crippen molar-refractivity contribution in [3.63, 3.8) is 0 Å². The van der Waals surface area contributed by atoms with Crippen LogP contribution in [0, 0.1) is 10.1 Å². The number of amides is 1. The molecule has 1 aromatic heterocycles. The van der Waals surface area contributed by atoms with Gasteiger partial charge in [0.05, 0.1) is 22.7 Å². The van der Waals surface area contributed by atoms with Crippen molar-refractivity contribution in [3.05, 3.63) is 66.8 Å². The molecule has 0 fully saturated rings. The summed E-state index contributed by atoms with van der Waals surface area (Å²) in [5.74, 6) is -0.324. The number of nitrogens with zero attached hydrogens (tertiary/aromatic N) is 2. The van der Waals surface area contributed by atoms with Gasteiger partial charge in [-0.15, -0.1) is 0 Å². The molecule has 0 aliphatic rings. The van der Waals surface area contributed by atoms with Crippen molar-refractivity contribution in [1.29, 1.82) is 0 Å². The number of carbonyl (C=O) groups excluding carboxylic acids is 1. The zero-order valence-corrected chi connectivity index (χ0v) is 16.9. The van der Waals surface area contributed by atoms with Gasteiger partial charge in [0, 0.05) is 21.5 Å². The van der Waals surface area contributed by atoms with E-state index in [1.807, 2.05) is 12.1 Å². The molecule has 2 aromatic carbocycles. The number of hydrazone groups is 1. The quantitative estimate of drug-likeness (QED) is 0.314. The average Bonchev–Trinajstić information content (AvgIpc) is 3.06. The smallest absolute Gasteiger partial charge is 0.311 e. The van der Waals surface area contributed by atoms with Crippen molar-refractivity contribution in [2.24, 2.45) is 5.10 Å². The van der Waals surface area contributed by atoms with Crippen LogP contribution >= 0.6 is 31.9 Å². The van der Waals surface area contributed by atoms with E-state index in [0.717, 1.165) is 9.86 Å². The molecule has 0 radical (unpaired) electrons. The molecule has 1 heterocycles. The highest BCUT2D eigenvalue weighted by molar-refractivity contribution is 9.11. The monoisotopic (exact) mass is 495 g/mol. The van der Waals surface area contributed by atoms with Gasteiger partial charge in [-0.3, -0.25) is 14.9 Å². The molecule has 0 aliphatic carbocycles. The largest absolute Gasteiger partial charge is 0.490 e. The number of fused-ring (bicyclic) bond motifs is 1. The molecule has 1 N–H and O–H groups in total. The molecular formula is C17H11Br2N3O5. The lowest BCUT2D eigenvalue weighted by molar-refractivity contribution is -0.385. The number of benzene rings is 2. The minimum atomic E-state index is -0.556. The summed E-state index contributed by atoms with van der Waals surface area (Å²) < 4.78 is 12.0. The van der Waals surface area contributed by atoms with Crippen LogP contribution in [0.4, 0.5) is 5.69 Å². The Morgan fingerprint density at radius 3 is 2.78 bits per heavy atom. The number of carbonyl (C=O) groups is 1. The number of furan rings is 1. The van der Waals surface area contributed by atoms with Crippen LogP contribution in [0.25, 0.3) is 11.0 Å². The highest BCUT2D eigenvalue weighted by Crippen LogP contribution is 2.31. The van der Waals surface area contributed by atoms with Crippen LogP contribution in [0.2, 0.25) is 0 Å². The fraction of sp³-hybridized carbons (Fsp3) is 0.0588. The van der Waals surface area contributed by atoms with Gasteiger partial charge in [0.15, 0.2) is 11.5 Å². The number of methoxy groups -OCH3 is 1. The molecule has 0 spiro atoms. The van der Waals surface area contributed by atoms with E-state index in [4.69, 9.17) is 9.15 Å². The van der Waals surface area contributed by atoms with Gasteiger partial charge >= 0.3 is 11.6 Å². The average molecular weight is 497 g/mol. The standard InChI is InChI=1S/C17H11Br2N3O5/c1-26-14-3-2-9(4-13(14)22(24)25)8-20-21-17(23)15-6-10-5-11(18)7-12(19)16(10)27-15/h2-8H,1H3,(H,21,23)/b20-8-. The first-order valence-electron chi connectivity index (χ1n) is 7.43. The molecule has 1 amide bonds. The van der Waals surface area contributed by atoms with Gasteiger partial charge in [0.1, 0.15) is 5.58 Å². The number of hydrogen-bond donors (Lipinski definition) is 1. The summed E-state index contributed by atoms with van der Waals surface area (Å²) in [7, 11) is 1.35. The van der Waals surface area contributed by atoms with E-state index in [-0.39, 0.29) is 17.2 Å². The zero-order valence-electron chi connectivity index (χ0n) is 13.7. The van der Waals surface area contributed by atoms with Gasteiger partial charge in [0.25, 0.3) is 0 Å². The second-order valence-electron chi connectivity index (χ2n) is 5.30. The van der Waals surface area contributed by atoms with Crippen LogP contribution in [0.15, 0.2) is 54.9 Å². The SMILES string of the molecule is COc1ccc(/C=N\NC(=O)c2cc3cc(Br)cc(Br)c3o2)cc1[N+](=O)[O-]. The third-order valence-electron chi connectivity index (χ3n) is 3.54. The molecule has 0 saturated heterocycles. The highest BCUT2D eigenvalue weighted by Gasteiger charge is 2.16. The Morgan fingerprint density at radius 2 is 2.07 bits per heavy atom. The van der Waals surface area contributed by atoms with E-state index in [1.54, 1.807) is 12.1 Å². The van der Waals surface area contributed by atoms with E-state index >= 15 is 0 Å². The number of nitrogens with one attached hydrogen (secondary N) is 1. The minimum Gasteiger partial charge on any atom is -0.490 e. The maximum atomic E-state index is 12.2. The summed E-state index contributed by atoms with van der Waals surface area (Å²) in [6.45, 7) is 0. The molecule has 0 bridgehead atoms. The summed E-state index contributed by atoms with van der Waals surface area (Å²) in [5, 5.41) is 15.6. The molecule has 0 saturated carbocycles. The van der Waals surface area contributed by atoms with Crippen LogP contribution < -0.4 is 10.2 Å². The van der Waals surface area contributed by atoms with Gasteiger partial charge < -0.3 is 9.15 Å². The Kier molecular flexibility index (Phi) is 5.57. The Labute approximate surface area is 169 Å². The van der Waals surface area contributed by atoms with E-state index < -0.39 is 10.8 Å². The number of nitro groups is 1. The fourth-order valence-corrected chi connectivity index (χ4v) is 3.68. The molecule has 138 valence electrons. The first-order chi connectivity index (χ1) is 12.9. The maximum absolute atomic E-state index is 12.2. The third kappa shape index (κ3) is 4.17. The number of halogens is 2. The first-order valence-corrected chi connectivity index (χ1v) is 9.02. The number of nitro benzene ring substituents is 1. The lowest BCUT2D eigenvalue weighted by Gasteiger charge is -2.02. The second-order valence-corrected chi connectivity index (χ2v) is 7.07. The van der Waals surface area contributed by atoms with Crippen molar-refractivity contribution < 1.29 is 18.9 Å². The van der Waals surface area contributed by atoms with Crippen molar-refractivity contribution in [1.82, 2.24) is 5.43 Å². The van der Waals surface area contributed by atoms with Gasteiger partial charge in [-0.2, -0.15) is 5.10 Å². The molecule has 0 aliphatic heterocycles. The van der Waals surface area contributed by atoms with Crippen molar-refractivity contribution in [2.45, 2.75) is 0 Å². The van der Waals surface area contributed by atoms with Gasteiger partial charge in [-0.05, 0) is 46.3 Å². The Bertz CT molecular complexity index is 1080. The number of rotatable bonds is 5. The zero-order chi connectivity index (χ0) is 19.6. The maximum Gasteiger partial charge on any atom is 0.311 e. The van der Waals surface area contributed by atoms with Crippen LogP contribution in [-0.2, 0) is 0 Å². The lowest BCUT2D eigenvalue weighted by atomic mass is 10.2. The molecule has 8 nitrogen and oxygen atoms in total. The van der Waals surface area contributed by atoms with E-state index in [1.165, 1.54) is 25.5 Å². The fourth-order valence-electron chi connectivity index (χ4n) is 2.34. The highest BCUT2D eigenvalue weighted by atomic mass is 79.9. The van der Waals surface area contributed by atoms with E-state index in [2.05, 4.69) is 42.4 Å². The summed E-state index contributed by atoms with van der Waals surface area (Å²) in [4.78, 5) is 22.7. The van der Waals surface area contributed by atoms with E-state index in [9.17, 15) is 14.9 Å². The first kappa shape index (κ1) is 19.1. The predicted molar refractivity (Wildman–Crippen MR) is 106 cm³/mol. The van der Waals surface area contributed by atoms with Crippen LogP contribution in [-0.4, -0.2) is 24.2 Å². The van der Waals surface area contributed by atoms with Gasteiger partial charge in [0.2, 0.25) is 0 Å². The van der Waals surface area contributed by atoms with E-state index in [0.29, 0.717) is 15.6 Å². The minimum absolute atomic E-state index is 0.0849. The summed E-state index contributed by atoms with van der Waals surface area (Å²) in [5.41, 5.74) is 3.10. The molecule has 0 atom stereocenters. The molecular weight excluding hydrogens is 486 g/mol. The third-order valence-corrected chi connectivity index (χ3v) is 4.59. The molecule has 0 unspecified atom stereocenters. The summed E-state index contributed by atoms with van der Waals surface area (Å²) in [6.07, 6.45) is 1.29. The Hall–Kier alpha value is -2.72. The summed E-state index contributed by atoms with van der Waals surface area (Å²) >= 11 is 6.74.